The van der Waals surface area contributed by atoms with E-state index in [1.807, 2.05) is 139 Å². The fourth-order valence-corrected chi connectivity index (χ4v) is 17.7. The number of aryl methyl sites for hydroxylation is 9. The molecule has 0 heterocycles. The van der Waals surface area contributed by atoms with Crippen molar-refractivity contribution >= 4 is 53.9 Å². The highest BCUT2D eigenvalue weighted by atomic mass is 31.2. The molecule has 65 heavy (non-hydrogen) atoms. The lowest BCUT2D eigenvalue weighted by Gasteiger charge is -2.26. The van der Waals surface area contributed by atoms with Crippen molar-refractivity contribution in [1.82, 2.24) is 15.3 Å². The topological polar surface area (TPSA) is 104 Å². The monoisotopic (exact) mass is 927 g/mol. The van der Waals surface area contributed by atoms with Crippen molar-refractivity contribution in [3.05, 3.63) is 183 Å². The van der Waals surface area contributed by atoms with Gasteiger partial charge in [0.05, 0.1) is 0 Å². The van der Waals surface area contributed by atoms with Gasteiger partial charge in [-0.3, -0.25) is 33.8 Å². The van der Waals surface area contributed by atoms with E-state index < -0.39 is 21.9 Å². The van der Waals surface area contributed by atoms with Crippen LogP contribution >= 0.6 is 21.9 Å². The number of unbranched alkanes of at least 4 members (excludes halogenated alkanes) is 1. The molecule has 4 atom stereocenters. The zero-order chi connectivity index (χ0) is 46.9. The van der Waals surface area contributed by atoms with Crippen LogP contribution in [0.2, 0.25) is 0 Å². The van der Waals surface area contributed by atoms with Crippen LogP contribution in [0.15, 0.2) is 127 Å². The van der Waals surface area contributed by atoms with Gasteiger partial charge >= 0.3 is 0 Å². The van der Waals surface area contributed by atoms with Crippen LogP contribution in [-0.4, -0.2) is 25.2 Å². The van der Waals surface area contributed by atoms with Gasteiger partial charge in [-0.05, 0) is 164 Å². The smallest absolute Gasteiger partial charge is 0.243 e. The number of carbonyl (C=O) groups is 1. The van der Waals surface area contributed by atoms with E-state index in [1.54, 1.807) is 12.1 Å². The molecule has 0 spiro atoms. The molecular formula is C55H68N3O4P3. The quantitative estimate of drug-likeness (QED) is 0.0488. The van der Waals surface area contributed by atoms with E-state index in [1.165, 1.54) is 0 Å². The Labute approximate surface area is 388 Å². The SMILES string of the molecule is Cc1cc(C)c(C(=O)P(=O)(NCC(CCCCNP(=O)(c2ccccc2)c2c(C)cc(C)cc2C)CCCNP(=O)(c2ccccc2)c2c(C)cc(C)cc2C)c2ccccc2)c(C)c1. The second-order valence-electron chi connectivity index (χ2n) is 18.1. The average molecular weight is 928 g/mol. The highest BCUT2D eigenvalue weighted by Gasteiger charge is 2.37. The van der Waals surface area contributed by atoms with Crippen LogP contribution in [0.5, 0.6) is 0 Å². The fraction of sp³-hybridized carbons (Fsp3) is 0.327. The summed E-state index contributed by atoms with van der Waals surface area (Å²) in [6.07, 6.45) is 3.81. The minimum atomic E-state index is -3.81. The average Bonchev–Trinajstić information content (AvgIpc) is 3.26. The van der Waals surface area contributed by atoms with Crippen molar-refractivity contribution in [3.63, 3.8) is 0 Å². The highest BCUT2D eigenvalue weighted by molar-refractivity contribution is 7.85. The van der Waals surface area contributed by atoms with E-state index in [-0.39, 0.29) is 11.4 Å². The maximum atomic E-state index is 15.4. The van der Waals surface area contributed by atoms with Crippen molar-refractivity contribution in [2.75, 3.05) is 19.6 Å². The molecule has 6 aromatic carbocycles. The molecule has 0 saturated carbocycles. The van der Waals surface area contributed by atoms with Crippen molar-refractivity contribution in [3.8, 4) is 0 Å². The standard InChI is InChI=1S/C55H68N3O4P3/c1-39-32-42(4)52(43(5)33-39)55(59)65(62,51-28-17-12-18-29-51)58-38-48(23-21-31-57-64(61,50-26-15-11-16-27-50)54-46(8)36-41(3)37-47(54)9)22-19-20-30-56-63(60,49-24-13-10-14-25-49)53-44(6)34-40(2)35-45(53)7/h10-18,24-29,32-37,48H,19-23,30-31,38H2,1-9H3,(H,56,60)(H,57,61)(H,58,62). The molecule has 0 aliphatic carbocycles. The largest absolute Gasteiger partial charge is 0.297 e. The second kappa shape index (κ2) is 21.9. The lowest BCUT2D eigenvalue weighted by molar-refractivity contribution is 0.107. The van der Waals surface area contributed by atoms with E-state index in [0.29, 0.717) is 36.9 Å². The Morgan fingerprint density at radius 3 is 1.22 bits per heavy atom. The second-order valence-corrected chi connectivity index (χ2v) is 25.5. The van der Waals surface area contributed by atoms with Gasteiger partial charge in [0.1, 0.15) is 0 Å². The summed E-state index contributed by atoms with van der Waals surface area (Å²) in [7, 11) is -10.2. The number of hydrogen-bond donors (Lipinski definition) is 3. The number of hydrogen-bond acceptors (Lipinski definition) is 4. The Bertz CT molecular complexity index is 2690. The van der Waals surface area contributed by atoms with E-state index in [0.717, 1.165) is 97.0 Å². The molecule has 0 aliphatic rings. The molecule has 3 N–H and O–H groups in total. The van der Waals surface area contributed by atoms with Gasteiger partial charge in [-0.1, -0.05) is 114 Å². The third-order valence-corrected chi connectivity index (χ3v) is 21.0. The lowest BCUT2D eigenvalue weighted by atomic mass is 9.97. The Morgan fingerprint density at radius 1 is 0.446 bits per heavy atom. The fourth-order valence-electron chi connectivity index (χ4n) is 9.83. The van der Waals surface area contributed by atoms with Gasteiger partial charge in [0.25, 0.3) is 0 Å². The van der Waals surface area contributed by atoms with Gasteiger partial charge in [0, 0.05) is 51.7 Å². The van der Waals surface area contributed by atoms with Gasteiger partial charge in [-0.15, -0.1) is 0 Å². The van der Waals surface area contributed by atoms with Gasteiger partial charge in [0.2, 0.25) is 27.4 Å². The molecule has 6 rings (SSSR count). The Balaban J connectivity index is 1.24. The number of benzene rings is 6. The molecule has 0 aromatic heterocycles. The van der Waals surface area contributed by atoms with Crippen molar-refractivity contribution in [2.24, 2.45) is 5.92 Å². The summed E-state index contributed by atoms with van der Waals surface area (Å²) in [4.78, 5) is 14.6. The van der Waals surface area contributed by atoms with Crippen molar-refractivity contribution < 1.29 is 18.5 Å². The summed E-state index contributed by atoms with van der Waals surface area (Å²) in [6.45, 7) is 19.5. The molecule has 0 bridgehead atoms. The predicted octanol–water partition coefficient (Wildman–Crippen LogP) is 11.4. The molecule has 10 heteroatoms. The first-order valence-electron chi connectivity index (χ1n) is 23.0. The third-order valence-electron chi connectivity index (χ3n) is 12.5. The number of rotatable bonds is 21. The van der Waals surface area contributed by atoms with E-state index in [9.17, 15) is 4.79 Å². The van der Waals surface area contributed by atoms with Crippen LogP contribution in [0.1, 0.15) is 92.5 Å². The first kappa shape index (κ1) is 50.0. The molecule has 0 fully saturated rings. The number of nitrogens with one attached hydrogen (secondary N) is 3. The molecule has 0 amide bonds. The van der Waals surface area contributed by atoms with Crippen LogP contribution in [0, 0.1) is 68.2 Å². The molecule has 4 unspecified atom stereocenters. The maximum Gasteiger partial charge on any atom is 0.243 e. The molecule has 342 valence electrons. The normalized spacial score (nSPS) is 14.8. The minimum Gasteiger partial charge on any atom is -0.297 e. The van der Waals surface area contributed by atoms with Crippen LogP contribution in [-0.2, 0) is 13.7 Å². The van der Waals surface area contributed by atoms with Crippen molar-refractivity contribution in [1.29, 1.82) is 0 Å². The maximum absolute atomic E-state index is 15.4. The Hall–Kier alpha value is -4.44. The summed E-state index contributed by atoms with van der Waals surface area (Å²) in [6, 6.07) is 40.9. The van der Waals surface area contributed by atoms with Crippen molar-refractivity contribution in [2.45, 2.75) is 94.4 Å². The summed E-state index contributed by atoms with van der Waals surface area (Å²) >= 11 is 0. The zero-order valence-electron chi connectivity index (χ0n) is 39.8. The minimum absolute atomic E-state index is 0.0309. The predicted molar refractivity (Wildman–Crippen MR) is 277 cm³/mol. The summed E-state index contributed by atoms with van der Waals surface area (Å²) in [5.41, 5.74) is 9.11. The summed E-state index contributed by atoms with van der Waals surface area (Å²) in [5.74, 6) is 0.0309. The Morgan fingerprint density at radius 2 is 0.800 bits per heavy atom. The molecule has 7 nitrogen and oxygen atoms in total. The van der Waals surface area contributed by atoms with E-state index in [4.69, 9.17) is 0 Å². The summed E-state index contributed by atoms with van der Waals surface area (Å²) < 4.78 is 45.8. The first-order chi connectivity index (χ1) is 31.0. The van der Waals surface area contributed by atoms with E-state index >= 15 is 13.7 Å². The van der Waals surface area contributed by atoms with Gasteiger partial charge in [-0.2, -0.15) is 0 Å². The molecule has 6 aromatic rings. The molecule has 0 radical (unpaired) electrons. The zero-order valence-corrected chi connectivity index (χ0v) is 42.5. The summed E-state index contributed by atoms with van der Waals surface area (Å²) in [5, 5.41) is 14.3. The lowest BCUT2D eigenvalue weighted by Crippen LogP contribution is -2.32. The van der Waals surface area contributed by atoms with Gasteiger partial charge < -0.3 is 0 Å². The molecular weight excluding hydrogens is 860 g/mol. The van der Waals surface area contributed by atoms with E-state index in [2.05, 4.69) is 53.4 Å². The van der Waals surface area contributed by atoms with Crippen LogP contribution < -0.4 is 41.8 Å². The van der Waals surface area contributed by atoms with Gasteiger partial charge in [-0.25, -0.2) is 0 Å². The first-order valence-corrected chi connectivity index (χ1v) is 28.1. The van der Waals surface area contributed by atoms with Gasteiger partial charge in [0.15, 0.2) is 0 Å². The highest BCUT2D eigenvalue weighted by Crippen LogP contribution is 2.46. The number of carbonyl (C=O) groups excluding carboxylic acids is 1. The van der Waals surface area contributed by atoms with Crippen LogP contribution in [0.4, 0.5) is 0 Å². The van der Waals surface area contributed by atoms with Crippen LogP contribution in [0.3, 0.4) is 0 Å². The van der Waals surface area contributed by atoms with Crippen LogP contribution in [0.25, 0.3) is 0 Å². The molecule has 0 saturated heterocycles. The molecule has 0 aliphatic heterocycles. The Kier molecular flexibility index (Phi) is 16.8. The third kappa shape index (κ3) is 11.6.